The highest BCUT2D eigenvalue weighted by molar-refractivity contribution is 5.94. The van der Waals surface area contributed by atoms with Gasteiger partial charge in [0.15, 0.2) is 0 Å². The van der Waals surface area contributed by atoms with Crippen LogP contribution in [0.25, 0.3) is 22.3 Å². The minimum Gasteiger partial charge on any atom is -0.248 e. The largest absolute Gasteiger partial charge is 0.248 e. The van der Waals surface area contributed by atoms with E-state index in [1.54, 1.807) is 0 Å². The van der Waals surface area contributed by atoms with Gasteiger partial charge in [0.2, 0.25) is 0 Å². The van der Waals surface area contributed by atoms with E-state index in [0.717, 1.165) is 11.0 Å². The summed E-state index contributed by atoms with van der Waals surface area (Å²) in [5.74, 6) is 0. The van der Waals surface area contributed by atoms with Gasteiger partial charge in [-0.15, -0.1) is 0 Å². The summed E-state index contributed by atoms with van der Waals surface area (Å²) in [5.41, 5.74) is 5.98. The van der Waals surface area contributed by atoms with Crippen LogP contribution in [0.4, 0.5) is 5.69 Å². The first-order chi connectivity index (χ1) is 10.9. The Labute approximate surface area is 129 Å². The zero-order chi connectivity index (χ0) is 14.8. The van der Waals surface area contributed by atoms with E-state index in [2.05, 4.69) is 48.5 Å². The van der Waals surface area contributed by atoms with Crippen molar-refractivity contribution in [2.24, 2.45) is 4.99 Å². The van der Waals surface area contributed by atoms with Crippen LogP contribution in [0.5, 0.6) is 0 Å². The Hall–Kier alpha value is -2.93. The number of benzene rings is 3. The molecule has 0 aliphatic carbocycles. The topological polar surface area (TPSA) is 12.4 Å². The Balaban J connectivity index is 1.87. The predicted molar refractivity (Wildman–Crippen MR) is 91.4 cm³/mol. The highest BCUT2D eigenvalue weighted by atomic mass is 14.7. The summed E-state index contributed by atoms with van der Waals surface area (Å²) in [6.07, 6.45) is 0. The van der Waals surface area contributed by atoms with Crippen molar-refractivity contribution in [3.8, 4) is 22.3 Å². The number of rotatable bonds is 3. The van der Waals surface area contributed by atoms with E-state index in [9.17, 15) is 0 Å². The molecule has 1 nitrogen and oxygen atoms in total. The number of nitrogens with zero attached hydrogens (tertiary/aromatic N) is 1. The lowest BCUT2D eigenvalue weighted by Gasteiger charge is -1.93. The molecule has 0 radical (unpaired) electrons. The van der Waals surface area contributed by atoms with Gasteiger partial charge in [-0.1, -0.05) is 78.9 Å². The van der Waals surface area contributed by atoms with Crippen LogP contribution >= 0.6 is 0 Å². The number of para-hydroxylation sites is 1. The molecule has 0 aromatic heterocycles. The Bertz CT molecular complexity index is 842. The molecule has 0 spiro atoms. The van der Waals surface area contributed by atoms with Crippen LogP contribution in [0.2, 0.25) is 0 Å². The van der Waals surface area contributed by atoms with Gasteiger partial charge in [-0.05, 0) is 23.3 Å². The van der Waals surface area contributed by atoms with Gasteiger partial charge >= 0.3 is 0 Å². The van der Waals surface area contributed by atoms with E-state index in [4.69, 9.17) is 4.99 Å². The quantitative estimate of drug-likeness (QED) is 0.493. The van der Waals surface area contributed by atoms with Crippen molar-refractivity contribution in [1.82, 2.24) is 0 Å². The van der Waals surface area contributed by atoms with E-state index in [0.29, 0.717) is 0 Å². The molecule has 0 atom stereocenters. The van der Waals surface area contributed by atoms with Gasteiger partial charge in [-0.2, -0.15) is 0 Å². The molecule has 4 rings (SSSR count). The van der Waals surface area contributed by atoms with Crippen LogP contribution in [-0.2, 0) is 0 Å². The van der Waals surface area contributed by atoms with E-state index < -0.39 is 0 Å². The van der Waals surface area contributed by atoms with Crippen molar-refractivity contribution in [3.05, 3.63) is 96.4 Å². The second-order valence-corrected chi connectivity index (χ2v) is 5.28. The number of hydrogen-bond donors (Lipinski definition) is 0. The van der Waals surface area contributed by atoms with Crippen LogP contribution in [0.1, 0.15) is 0 Å². The fourth-order valence-corrected chi connectivity index (χ4v) is 2.69. The lowest BCUT2D eigenvalue weighted by molar-refractivity contribution is 1.42. The lowest BCUT2D eigenvalue weighted by Crippen LogP contribution is -1.84. The van der Waals surface area contributed by atoms with Crippen LogP contribution in [0.15, 0.2) is 96.0 Å². The molecule has 0 aliphatic rings. The van der Waals surface area contributed by atoms with Gasteiger partial charge < -0.3 is 0 Å². The molecule has 0 saturated heterocycles. The minimum atomic E-state index is 0.997. The zero-order valence-corrected chi connectivity index (χ0v) is 12.1. The monoisotopic (exact) mass is 281 g/mol. The van der Waals surface area contributed by atoms with Gasteiger partial charge in [-0.3, -0.25) is 0 Å². The molecule has 0 saturated carbocycles. The molecule has 0 N–H and O–H groups in total. The van der Waals surface area contributed by atoms with Crippen LogP contribution in [0, 0.1) is 0 Å². The maximum absolute atomic E-state index is 4.83. The van der Waals surface area contributed by atoms with Gasteiger partial charge in [0, 0.05) is 11.1 Å². The average Bonchev–Trinajstić information content (AvgIpc) is 3.31. The summed E-state index contributed by atoms with van der Waals surface area (Å²) in [6, 6.07) is 31.1. The summed E-state index contributed by atoms with van der Waals surface area (Å²) in [7, 11) is 0. The Morgan fingerprint density at radius 3 is 1.32 bits per heavy atom. The molecule has 22 heavy (non-hydrogen) atoms. The van der Waals surface area contributed by atoms with Crippen molar-refractivity contribution in [2.45, 2.75) is 0 Å². The van der Waals surface area contributed by atoms with Crippen LogP contribution < -0.4 is 5.36 Å². The molecular weight excluding hydrogens is 266 g/mol. The molecule has 0 aliphatic heterocycles. The highest BCUT2D eigenvalue weighted by Crippen LogP contribution is 2.35. The Morgan fingerprint density at radius 2 is 0.864 bits per heavy atom. The molecule has 0 fully saturated rings. The summed E-state index contributed by atoms with van der Waals surface area (Å²) >= 11 is 0. The summed E-state index contributed by atoms with van der Waals surface area (Å²) in [4.78, 5) is 4.83. The smallest absolute Gasteiger partial charge is 0.0807 e. The first-order valence-electron chi connectivity index (χ1n) is 7.43. The fourth-order valence-electron chi connectivity index (χ4n) is 2.69. The van der Waals surface area contributed by atoms with E-state index >= 15 is 0 Å². The minimum absolute atomic E-state index is 0.997. The molecule has 0 amide bonds. The predicted octanol–water partition coefficient (Wildman–Crippen LogP) is 5.13. The van der Waals surface area contributed by atoms with Crippen molar-refractivity contribution in [2.75, 3.05) is 0 Å². The standard InChI is InChI=1S/C21H15N/c1-4-10-16(11-5-1)19-20(17-12-6-2-7-13-17)21(19)22-18-14-8-3-9-15-18/h1-15H. The Kier molecular flexibility index (Phi) is 3.17. The molecule has 1 heteroatoms. The molecule has 0 bridgehead atoms. The van der Waals surface area contributed by atoms with E-state index in [-0.39, 0.29) is 0 Å². The maximum atomic E-state index is 4.83. The normalized spacial score (nSPS) is 10.7. The average molecular weight is 281 g/mol. The first-order valence-corrected chi connectivity index (χ1v) is 7.43. The zero-order valence-electron chi connectivity index (χ0n) is 12.1. The van der Waals surface area contributed by atoms with Crippen molar-refractivity contribution < 1.29 is 0 Å². The second kappa shape index (κ2) is 5.45. The summed E-state index contributed by atoms with van der Waals surface area (Å²) < 4.78 is 0. The fraction of sp³-hybridized carbons (Fsp3) is 0. The third-order valence-corrected chi connectivity index (χ3v) is 3.78. The first kappa shape index (κ1) is 12.8. The summed E-state index contributed by atoms with van der Waals surface area (Å²) in [5, 5.41) is 1.10. The van der Waals surface area contributed by atoms with Gasteiger partial charge in [-0.25, -0.2) is 4.99 Å². The van der Waals surface area contributed by atoms with Crippen molar-refractivity contribution >= 4 is 5.69 Å². The molecule has 104 valence electrons. The van der Waals surface area contributed by atoms with Crippen molar-refractivity contribution in [1.29, 1.82) is 0 Å². The molecule has 4 aromatic rings. The second-order valence-electron chi connectivity index (χ2n) is 5.28. The third-order valence-electron chi connectivity index (χ3n) is 3.78. The maximum Gasteiger partial charge on any atom is 0.0807 e. The number of hydrogen-bond acceptors (Lipinski definition) is 1. The van der Waals surface area contributed by atoms with E-state index in [1.807, 2.05) is 42.5 Å². The third kappa shape index (κ3) is 2.38. The molecule has 4 aromatic carbocycles. The van der Waals surface area contributed by atoms with Crippen molar-refractivity contribution in [3.63, 3.8) is 0 Å². The van der Waals surface area contributed by atoms with Gasteiger partial charge in [0.1, 0.15) is 0 Å². The lowest BCUT2D eigenvalue weighted by atomic mass is 10.1. The van der Waals surface area contributed by atoms with Gasteiger partial charge in [0.05, 0.1) is 11.0 Å². The molecular formula is C21H15N. The van der Waals surface area contributed by atoms with Crippen LogP contribution in [-0.4, -0.2) is 0 Å². The Morgan fingerprint density at radius 1 is 0.455 bits per heavy atom. The van der Waals surface area contributed by atoms with Gasteiger partial charge in [0.25, 0.3) is 0 Å². The molecule has 0 heterocycles. The highest BCUT2D eigenvalue weighted by Gasteiger charge is 2.22. The summed E-state index contributed by atoms with van der Waals surface area (Å²) in [6.45, 7) is 0. The SMILES string of the molecule is c1ccc(N=c2c(-c3ccccc3)c2-c2ccccc2)cc1. The van der Waals surface area contributed by atoms with E-state index in [1.165, 1.54) is 22.3 Å². The van der Waals surface area contributed by atoms with Crippen LogP contribution in [0.3, 0.4) is 0 Å². The molecule has 0 unspecified atom stereocenters.